The number of halogens is 5. The number of carbonyl (C=O) groups is 2. The third-order valence-corrected chi connectivity index (χ3v) is 5.76. The summed E-state index contributed by atoms with van der Waals surface area (Å²) in [4.78, 5) is 24.5. The van der Waals surface area contributed by atoms with Gasteiger partial charge in [-0.15, -0.1) is 0 Å². The summed E-state index contributed by atoms with van der Waals surface area (Å²) in [6.07, 6.45) is 1.44. The zero-order valence-electron chi connectivity index (χ0n) is 19.0. The Balaban J connectivity index is 1.75. The molecule has 10 heteroatoms. The van der Waals surface area contributed by atoms with Gasteiger partial charge in [-0.25, -0.2) is 22.0 Å². The van der Waals surface area contributed by atoms with Crippen LogP contribution in [0.3, 0.4) is 0 Å². The monoisotopic (exact) mass is 487 g/mol. The molecular formula is C25H18F5N3O2. The summed E-state index contributed by atoms with van der Waals surface area (Å²) >= 11 is 0. The maximum absolute atomic E-state index is 14.3. The number of carbonyl (C=O) groups excluding carboxylic acids is 2. The van der Waals surface area contributed by atoms with Gasteiger partial charge in [-0.05, 0) is 69.7 Å². The second kappa shape index (κ2) is 8.61. The SMILES string of the molecule is CC(=O)c1ccc(-n2c(C)cc(/C=C3/C(=O)N(c4c(F)c(F)c(F)c(F)c4F)N=C3C)c2C)cc1. The standard InChI is InChI=1S/C25H18F5N3O2/c1-11-9-16(13(3)32(11)17-7-5-15(6-8-17)14(4)34)10-18-12(2)31-33(25(18)35)24-22(29)20(27)19(26)21(28)23(24)30/h5-10H,1-4H3/b18-10+. The molecule has 2 heterocycles. The molecule has 0 radical (unpaired) electrons. The number of anilines is 1. The molecule has 1 amide bonds. The largest absolute Gasteiger partial charge is 0.318 e. The summed E-state index contributed by atoms with van der Waals surface area (Å²) in [5.41, 5.74) is 1.93. The van der Waals surface area contributed by atoms with Crippen molar-refractivity contribution >= 4 is 29.2 Å². The van der Waals surface area contributed by atoms with Crippen molar-refractivity contribution in [3.8, 4) is 5.69 Å². The lowest BCUT2D eigenvalue weighted by molar-refractivity contribution is -0.114. The molecule has 3 aromatic rings. The lowest BCUT2D eigenvalue weighted by Gasteiger charge is -2.15. The molecule has 0 bridgehead atoms. The molecule has 0 N–H and O–H groups in total. The first-order valence-corrected chi connectivity index (χ1v) is 10.4. The number of hydrogen-bond acceptors (Lipinski definition) is 3. The van der Waals surface area contributed by atoms with Crippen LogP contribution >= 0.6 is 0 Å². The van der Waals surface area contributed by atoms with E-state index in [2.05, 4.69) is 5.10 Å². The van der Waals surface area contributed by atoms with Crippen LogP contribution in [0, 0.1) is 42.9 Å². The maximum atomic E-state index is 14.3. The summed E-state index contributed by atoms with van der Waals surface area (Å²) in [5.74, 6) is -12.1. The Bertz CT molecular complexity index is 1440. The quantitative estimate of drug-likeness (QED) is 0.154. The predicted octanol–water partition coefficient (Wildman–Crippen LogP) is 5.80. The van der Waals surface area contributed by atoms with E-state index in [9.17, 15) is 31.5 Å². The minimum Gasteiger partial charge on any atom is -0.318 e. The zero-order chi connectivity index (χ0) is 25.8. The van der Waals surface area contributed by atoms with Crippen molar-refractivity contribution in [3.05, 3.63) is 87.5 Å². The molecule has 0 spiro atoms. The topological polar surface area (TPSA) is 54.7 Å². The molecule has 0 atom stereocenters. The van der Waals surface area contributed by atoms with Crippen molar-refractivity contribution in [1.29, 1.82) is 0 Å². The van der Waals surface area contributed by atoms with Crippen molar-refractivity contribution in [2.24, 2.45) is 5.10 Å². The van der Waals surface area contributed by atoms with Crippen LogP contribution < -0.4 is 5.01 Å². The third kappa shape index (κ3) is 3.84. The summed E-state index contributed by atoms with van der Waals surface area (Å²) in [6.45, 7) is 6.46. The highest BCUT2D eigenvalue weighted by Crippen LogP contribution is 2.34. The molecule has 1 aliphatic rings. The second-order valence-electron chi connectivity index (χ2n) is 8.04. The van der Waals surface area contributed by atoms with Gasteiger partial charge in [-0.2, -0.15) is 10.1 Å². The number of hydrogen-bond donors (Lipinski definition) is 0. The first kappa shape index (κ1) is 24.1. The summed E-state index contributed by atoms with van der Waals surface area (Å²) in [7, 11) is 0. The molecule has 35 heavy (non-hydrogen) atoms. The van der Waals surface area contributed by atoms with Crippen molar-refractivity contribution in [2.45, 2.75) is 27.7 Å². The highest BCUT2D eigenvalue weighted by molar-refractivity contribution is 6.32. The number of nitrogens with zero attached hydrogens (tertiary/aromatic N) is 3. The van der Waals surface area contributed by atoms with Crippen LogP contribution in [0.15, 0.2) is 41.0 Å². The molecule has 4 rings (SSSR count). The van der Waals surface area contributed by atoms with E-state index in [1.54, 1.807) is 37.3 Å². The van der Waals surface area contributed by atoms with Crippen LogP contribution in [0.2, 0.25) is 0 Å². The number of aryl methyl sites for hydroxylation is 1. The van der Waals surface area contributed by atoms with E-state index in [-0.39, 0.29) is 22.1 Å². The van der Waals surface area contributed by atoms with E-state index in [0.717, 1.165) is 11.4 Å². The molecule has 5 nitrogen and oxygen atoms in total. The third-order valence-electron chi connectivity index (χ3n) is 5.76. The highest BCUT2D eigenvalue weighted by atomic mass is 19.2. The molecule has 0 fully saturated rings. The molecule has 0 unspecified atom stereocenters. The summed E-state index contributed by atoms with van der Waals surface area (Å²) < 4.78 is 71.2. The van der Waals surface area contributed by atoms with Crippen LogP contribution in [-0.4, -0.2) is 22.0 Å². The Morgan fingerprint density at radius 1 is 0.886 bits per heavy atom. The van der Waals surface area contributed by atoms with E-state index < -0.39 is 40.7 Å². The summed E-state index contributed by atoms with van der Waals surface area (Å²) in [6, 6.07) is 8.68. The molecule has 2 aromatic carbocycles. The van der Waals surface area contributed by atoms with Crippen molar-refractivity contribution in [2.75, 3.05) is 5.01 Å². The highest BCUT2D eigenvalue weighted by Gasteiger charge is 2.37. The molecule has 1 aromatic heterocycles. The fraction of sp³-hybridized carbons (Fsp3) is 0.160. The van der Waals surface area contributed by atoms with Gasteiger partial charge in [-0.3, -0.25) is 9.59 Å². The number of ketones is 1. The van der Waals surface area contributed by atoms with Gasteiger partial charge in [-0.1, -0.05) is 0 Å². The van der Waals surface area contributed by atoms with Crippen molar-refractivity contribution < 1.29 is 31.5 Å². The van der Waals surface area contributed by atoms with Gasteiger partial charge >= 0.3 is 0 Å². The van der Waals surface area contributed by atoms with E-state index in [1.165, 1.54) is 19.9 Å². The van der Waals surface area contributed by atoms with Gasteiger partial charge in [0.2, 0.25) is 5.82 Å². The smallest absolute Gasteiger partial charge is 0.280 e. The van der Waals surface area contributed by atoms with E-state index >= 15 is 0 Å². The molecular weight excluding hydrogens is 469 g/mol. The average Bonchev–Trinajstić information content (AvgIpc) is 3.26. The van der Waals surface area contributed by atoms with Gasteiger partial charge in [0.15, 0.2) is 29.1 Å². The van der Waals surface area contributed by atoms with Crippen LogP contribution in [0.25, 0.3) is 11.8 Å². The van der Waals surface area contributed by atoms with E-state index in [1.807, 2.05) is 11.5 Å². The Morgan fingerprint density at radius 2 is 1.43 bits per heavy atom. The molecule has 0 aliphatic carbocycles. The number of Topliss-reactive ketones (excluding diaryl/α,β-unsaturated/α-hetero) is 1. The van der Waals surface area contributed by atoms with Crippen molar-refractivity contribution in [1.82, 2.24) is 4.57 Å². The number of amides is 1. The fourth-order valence-electron chi connectivity index (χ4n) is 3.95. The minimum absolute atomic E-state index is 0.0366. The van der Waals surface area contributed by atoms with Gasteiger partial charge in [0.05, 0.1) is 11.3 Å². The molecule has 0 saturated carbocycles. The molecule has 0 saturated heterocycles. The van der Waals surface area contributed by atoms with E-state index in [0.29, 0.717) is 16.8 Å². The summed E-state index contributed by atoms with van der Waals surface area (Å²) in [5, 5.41) is 3.93. The number of hydrazone groups is 1. The van der Waals surface area contributed by atoms with Crippen LogP contribution in [0.5, 0.6) is 0 Å². The van der Waals surface area contributed by atoms with E-state index in [4.69, 9.17) is 0 Å². The van der Waals surface area contributed by atoms with Crippen LogP contribution in [0.1, 0.15) is 41.2 Å². The van der Waals surface area contributed by atoms with Crippen LogP contribution in [0.4, 0.5) is 27.6 Å². The lowest BCUT2D eigenvalue weighted by atomic mass is 10.1. The lowest BCUT2D eigenvalue weighted by Crippen LogP contribution is -2.25. The Hall–Kier alpha value is -4.08. The average molecular weight is 487 g/mol. The second-order valence-corrected chi connectivity index (χ2v) is 8.04. The Morgan fingerprint density at radius 3 is 1.97 bits per heavy atom. The van der Waals surface area contributed by atoms with Gasteiger partial charge in [0.25, 0.3) is 5.91 Å². The first-order chi connectivity index (χ1) is 16.4. The normalized spacial score (nSPS) is 14.8. The minimum atomic E-state index is -2.32. The van der Waals surface area contributed by atoms with Gasteiger partial charge < -0.3 is 4.57 Å². The number of benzene rings is 2. The van der Waals surface area contributed by atoms with Gasteiger partial charge in [0.1, 0.15) is 5.69 Å². The predicted molar refractivity (Wildman–Crippen MR) is 120 cm³/mol. The van der Waals surface area contributed by atoms with Gasteiger partial charge in [0, 0.05) is 22.6 Å². The Labute approximate surface area is 196 Å². The first-order valence-electron chi connectivity index (χ1n) is 10.4. The maximum Gasteiger partial charge on any atom is 0.280 e. The molecule has 180 valence electrons. The number of aromatic nitrogens is 1. The number of rotatable bonds is 4. The van der Waals surface area contributed by atoms with Crippen LogP contribution in [-0.2, 0) is 4.79 Å². The fourth-order valence-corrected chi connectivity index (χ4v) is 3.95. The zero-order valence-corrected chi connectivity index (χ0v) is 19.0. The Kier molecular flexibility index (Phi) is 5.92. The molecule has 1 aliphatic heterocycles. The van der Waals surface area contributed by atoms with Crippen molar-refractivity contribution in [3.63, 3.8) is 0 Å².